The van der Waals surface area contributed by atoms with Crippen molar-refractivity contribution in [1.82, 2.24) is 15.1 Å². The second kappa shape index (κ2) is 5.39. The molecule has 0 fully saturated rings. The zero-order valence-electron chi connectivity index (χ0n) is 9.04. The van der Waals surface area contributed by atoms with Crippen LogP contribution in [0.25, 0.3) is 0 Å². The Morgan fingerprint density at radius 3 is 3.18 bits per heavy atom. The highest BCUT2D eigenvalue weighted by Crippen LogP contribution is 2.18. The van der Waals surface area contributed by atoms with E-state index in [9.17, 15) is 4.79 Å². The summed E-state index contributed by atoms with van der Waals surface area (Å²) in [6.07, 6.45) is 3.44. The van der Waals surface area contributed by atoms with Gasteiger partial charge in [-0.25, -0.2) is 9.78 Å². The summed E-state index contributed by atoms with van der Waals surface area (Å²) in [5.74, 6) is 0.176. The molecule has 0 atom stereocenters. The number of aromatic nitrogens is 3. The zero-order valence-corrected chi connectivity index (χ0v) is 9.86. The van der Waals surface area contributed by atoms with E-state index in [1.165, 1.54) is 31.0 Å². The van der Waals surface area contributed by atoms with Gasteiger partial charge in [0.25, 0.3) is 0 Å². The van der Waals surface area contributed by atoms with Crippen molar-refractivity contribution in [2.45, 2.75) is 6.42 Å². The van der Waals surface area contributed by atoms with E-state index >= 15 is 0 Å². The van der Waals surface area contributed by atoms with Gasteiger partial charge in [0.05, 0.1) is 13.3 Å². The van der Waals surface area contributed by atoms with E-state index < -0.39 is 0 Å². The van der Waals surface area contributed by atoms with Gasteiger partial charge in [0.2, 0.25) is 5.89 Å². The predicted molar refractivity (Wildman–Crippen MR) is 59.9 cm³/mol. The van der Waals surface area contributed by atoms with E-state index in [0.717, 1.165) is 0 Å². The Morgan fingerprint density at radius 1 is 1.59 bits per heavy atom. The molecule has 8 heteroatoms. The van der Waals surface area contributed by atoms with Gasteiger partial charge in [-0.15, -0.1) is 0 Å². The minimum atomic E-state index is -0.382. The molecule has 0 aliphatic rings. The number of esters is 1. The van der Waals surface area contributed by atoms with Gasteiger partial charge in [0, 0.05) is 13.0 Å². The lowest BCUT2D eigenvalue weighted by atomic mass is 10.4. The average molecular weight is 254 g/mol. The number of nitrogens with one attached hydrogen (secondary N) is 1. The Balaban J connectivity index is 1.83. The molecular weight excluding hydrogens is 244 g/mol. The van der Waals surface area contributed by atoms with E-state index in [1.54, 1.807) is 0 Å². The molecule has 0 saturated heterocycles. The van der Waals surface area contributed by atoms with Crippen LogP contribution >= 0.6 is 11.3 Å². The topological polar surface area (TPSA) is 90.1 Å². The Labute approximate surface area is 101 Å². The molecule has 2 heterocycles. The Morgan fingerprint density at radius 2 is 2.47 bits per heavy atom. The molecule has 0 aromatic carbocycles. The summed E-state index contributed by atoms with van der Waals surface area (Å²) in [5, 5.41) is 7.21. The third kappa shape index (κ3) is 3.00. The van der Waals surface area contributed by atoms with Gasteiger partial charge in [-0.3, -0.25) is 0 Å². The smallest absolute Gasteiger partial charge is 0.349 e. The lowest BCUT2D eigenvalue weighted by Gasteiger charge is -1.98. The molecule has 0 aliphatic heterocycles. The van der Waals surface area contributed by atoms with E-state index in [1.807, 2.05) is 0 Å². The number of ether oxygens (including phenoxy) is 1. The normalized spacial score (nSPS) is 10.2. The minimum absolute atomic E-state index is 0.382. The monoisotopic (exact) mass is 254 g/mol. The van der Waals surface area contributed by atoms with Crippen LogP contribution in [0.1, 0.15) is 15.6 Å². The first kappa shape index (κ1) is 11.5. The molecule has 0 bridgehead atoms. The first-order valence-electron chi connectivity index (χ1n) is 4.83. The van der Waals surface area contributed by atoms with Gasteiger partial charge >= 0.3 is 5.97 Å². The molecule has 0 saturated carbocycles. The molecule has 1 N–H and O–H groups in total. The number of nitrogens with zero attached hydrogens (tertiary/aromatic N) is 3. The summed E-state index contributed by atoms with van der Waals surface area (Å²) < 4.78 is 9.42. The number of carbonyl (C=O) groups is 1. The fourth-order valence-electron chi connectivity index (χ4n) is 1.13. The van der Waals surface area contributed by atoms with Crippen LogP contribution in [0.3, 0.4) is 0 Å². The molecule has 0 spiro atoms. The number of methoxy groups -OCH3 is 1. The van der Waals surface area contributed by atoms with E-state index in [2.05, 4.69) is 25.2 Å². The minimum Gasteiger partial charge on any atom is -0.465 e. The summed E-state index contributed by atoms with van der Waals surface area (Å²) in [6, 6.07) is 0. The first-order chi connectivity index (χ1) is 8.29. The van der Waals surface area contributed by atoms with Crippen molar-refractivity contribution in [3.05, 3.63) is 23.3 Å². The van der Waals surface area contributed by atoms with Crippen molar-refractivity contribution >= 4 is 22.4 Å². The number of thiazole rings is 1. The third-order valence-electron chi connectivity index (χ3n) is 1.91. The van der Waals surface area contributed by atoms with Gasteiger partial charge in [0.15, 0.2) is 11.5 Å². The van der Waals surface area contributed by atoms with Crippen molar-refractivity contribution < 1.29 is 14.1 Å². The van der Waals surface area contributed by atoms with Gasteiger partial charge in [-0.2, -0.15) is 4.98 Å². The van der Waals surface area contributed by atoms with Gasteiger partial charge in [-0.05, 0) is 0 Å². The molecule has 0 aliphatic carbocycles. The van der Waals surface area contributed by atoms with E-state index in [4.69, 9.17) is 4.52 Å². The molecule has 90 valence electrons. The highest BCUT2D eigenvalue weighted by Gasteiger charge is 2.10. The summed E-state index contributed by atoms with van der Waals surface area (Å²) in [5.41, 5.74) is 0. The Hall–Kier alpha value is -1.96. The maximum atomic E-state index is 11.2. The Bertz CT molecular complexity index is 482. The van der Waals surface area contributed by atoms with Crippen molar-refractivity contribution in [2.75, 3.05) is 19.0 Å². The van der Waals surface area contributed by atoms with E-state index in [0.29, 0.717) is 28.9 Å². The highest BCUT2D eigenvalue weighted by molar-refractivity contribution is 7.17. The number of hydrogen-bond donors (Lipinski definition) is 1. The summed E-state index contributed by atoms with van der Waals surface area (Å²) in [6.45, 7) is 0.607. The standard InChI is InChI=1S/C9H10N4O3S/c1-15-8(14)6-4-11-9(17-6)10-3-2-7-12-5-13-16-7/h4-5H,2-3H2,1H3,(H,10,11). The summed E-state index contributed by atoms with van der Waals surface area (Å²) in [4.78, 5) is 19.6. The summed E-state index contributed by atoms with van der Waals surface area (Å²) in [7, 11) is 1.34. The molecule has 7 nitrogen and oxygen atoms in total. The molecule has 0 amide bonds. The molecule has 0 unspecified atom stereocenters. The van der Waals surface area contributed by atoms with Crippen LogP contribution in [-0.2, 0) is 11.2 Å². The van der Waals surface area contributed by atoms with Crippen LogP contribution in [0.4, 0.5) is 5.13 Å². The molecule has 2 aromatic heterocycles. The number of carbonyl (C=O) groups excluding carboxylic acids is 1. The van der Waals surface area contributed by atoms with E-state index in [-0.39, 0.29) is 5.97 Å². The van der Waals surface area contributed by atoms with Gasteiger partial charge in [0.1, 0.15) is 4.88 Å². The summed E-state index contributed by atoms with van der Waals surface area (Å²) >= 11 is 1.24. The second-order valence-electron chi connectivity index (χ2n) is 3.03. The lowest BCUT2D eigenvalue weighted by molar-refractivity contribution is 0.0606. The molecule has 17 heavy (non-hydrogen) atoms. The molecular formula is C9H10N4O3S. The SMILES string of the molecule is COC(=O)c1cnc(NCCc2ncno2)s1. The second-order valence-corrected chi connectivity index (χ2v) is 4.06. The number of rotatable bonds is 5. The van der Waals surface area contributed by atoms with Crippen molar-refractivity contribution in [3.8, 4) is 0 Å². The van der Waals surface area contributed by atoms with Crippen LogP contribution in [0, 0.1) is 0 Å². The fraction of sp³-hybridized carbons (Fsp3) is 0.333. The average Bonchev–Trinajstić information content (AvgIpc) is 2.99. The molecule has 0 radical (unpaired) electrons. The number of hydrogen-bond acceptors (Lipinski definition) is 8. The zero-order chi connectivity index (χ0) is 12.1. The maximum Gasteiger partial charge on any atom is 0.349 e. The number of anilines is 1. The van der Waals surface area contributed by atoms with Crippen LogP contribution < -0.4 is 5.32 Å². The quantitative estimate of drug-likeness (QED) is 0.795. The predicted octanol–water partition coefficient (Wildman–Crippen LogP) is 0.967. The highest BCUT2D eigenvalue weighted by atomic mass is 32.1. The maximum absolute atomic E-state index is 11.2. The van der Waals surface area contributed by atoms with Crippen LogP contribution in [0.15, 0.2) is 17.0 Å². The molecule has 2 rings (SSSR count). The lowest BCUT2D eigenvalue weighted by Crippen LogP contribution is -2.04. The molecule has 2 aromatic rings. The van der Waals surface area contributed by atoms with Crippen molar-refractivity contribution in [1.29, 1.82) is 0 Å². The first-order valence-corrected chi connectivity index (χ1v) is 5.65. The van der Waals surface area contributed by atoms with Crippen LogP contribution in [-0.4, -0.2) is 34.7 Å². The van der Waals surface area contributed by atoms with Gasteiger partial charge < -0.3 is 14.6 Å². The van der Waals surface area contributed by atoms with Crippen molar-refractivity contribution in [3.63, 3.8) is 0 Å². The van der Waals surface area contributed by atoms with Gasteiger partial charge in [-0.1, -0.05) is 16.5 Å². The van der Waals surface area contributed by atoms with Crippen LogP contribution in [0.2, 0.25) is 0 Å². The third-order valence-corrected chi connectivity index (χ3v) is 2.85. The Kier molecular flexibility index (Phi) is 3.66. The fourth-order valence-corrected chi connectivity index (χ4v) is 1.89. The van der Waals surface area contributed by atoms with Crippen molar-refractivity contribution in [2.24, 2.45) is 0 Å². The largest absolute Gasteiger partial charge is 0.465 e. The van der Waals surface area contributed by atoms with Crippen LogP contribution in [0.5, 0.6) is 0 Å².